The lowest BCUT2D eigenvalue weighted by Gasteiger charge is -2.30. The highest BCUT2D eigenvalue weighted by molar-refractivity contribution is 5.90. The van der Waals surface area contributed by atoms with Crippen LogP contribution < -0.4 is 15.4 Å². The molecule has 2 aromatic heterocycles. The fourth-order valence-corrected chi connectivity index (χ4v) is 4.23. The topological polar surface area (TPSA) is 116 Å². The van der Waals surface area contributed by atoms with Crippen LogP contribution >= 0.6 is 0 Å². The Morgan fingerprint density at radius 3 is 2.84 bits per heavy atom. The Morgan fingerprint density at radius 1 is 1.25 bits per heavy atom. The monoisotopic (exact) mass is 453 g/mol. The van der Waals surface area contributed by atoms with Gasteiger partial charge in [-0.3, -0.25) is 14.7 Å². The number of hydrogen-bond donors (Lipinski definition) is 2. The first-order valence-corrected chi connectivity index (χ1v) is 10.5. The first kappa shape index (κ1) is 20.9. The molecule has 4 heterocycles. The second-order valence-corrected chi connectivity index (χ2v) is 8.22. The first-order chi connectivity index (χ1) is 15.4. The van der Waals surface area contributed by atoms with Crippen LogP contribution in [0.2, 0.25) is 0 Å². The van der Waals surface area contributed by atoms with E-state index in [4.69, 9.17) is 9.47 Å². The zero-order valence-corrected chi connectivity index (χ0v) is 17.1. The highest BCUT2D eigenvalue weighted by atomic mass is 19.4. The number of carbonyl (C=O) groups is 1. The highest BCUT2D eigenvalue weighted by Gasteiger charge is 2.38. The summed E-state index contributed by atoms with van der Waals surface area (Å²) in [5.74, 6) is 0.903. The van der Waals surface area contributed by atoms with Crippen molar-refractivity contribution in [2.24, 2.45) is 0 Å². The van der Waals surface area contributed by atoms with E-state index in [1.165, 1.54) is 0 Å². The molecule has 0 spiro atoms. The molecule has 1 amide bonds. The quantitative estimate of drug-likeness (QED) is 0.709. The number of nitrogens with one attached hydrogen (secondary N) is 2. The predicted molar refractivity (Wildman–Crippen MR) is 104 cm³/mol. The molecule has 13 heteroatoms. The molecule has 1 saturated carbocycles. The normalized spacial score (nSPS) is 23.8. The Labute approximate surface area is 180 Å². The van der Waals surface area contributed by atoms with Gasteiger partial charge in [0.15, 0.2) is 0 Å². The molecule has 0 aromatic carbocycles. The van der Waals surface area contributed by atoms with Crippen molar-refractivity contribution in [3.05, 3.63) is 17.6 Å². The summed E-state index contributed by atoms with van der Waals surface area (Å²) in [5.41, 5.74) is -1.01. The van der Waals surface area contributed by atoms with E-state index >= 15 is 0 Å². The van der Waals surface area contributed by atoms with Crippen molar-refractivity contribution in [2.45, 2.75) is 62.9 Å². The van der Waals surface area contributed by atoms with Gasteiger partial charge in [-0.1, -0.05) is 6.42 Å². The number of anilines is 2. The van der Waals surface area contributed by atoms with Crippen LogP contribution in [0.25, 0.3) is 0 Å². The van der Waals surface area contributed by atoms with Crippen LogP contribution in [0.3, 0.4) is 0 Å². The molecule has 10 nitrogen and oxygen atoms in total. The van der Waals surface area contributed by atoms with Crippen LogP contribution in [0, 0.1) is 0 Å². The molecule has 5 rings (SSSR count). The van der Waals surface area contributed by atoms with Gasteiger partial charge in [0.1, 0.15) is 17.5 Å². The molecule has 3 aliphatic rings. The molecule has 2 aromatic rings. The molecular formula is C19H22F3N7O3. The smallest absolute Gasteiger partial charge is 0.423 e. The average Bonchev–Trinajstić information content (AvgIpc) is 3.13. The minimum atomic E-state index is -4.61. The largest absolute Gasteiger partial charge is 0.469 e. The third-order valence-corrected chi connectivity index (χ3v) is 5.91. The fraction of sp³-hybridized carbons (Fsp3) is 0.632. The SMILES string of the molecule is O=C1CCn2c(nnc2[C@H]2CCC[C@@H](Nc3ncc(C(F)(F)F)c(OC4COC4)n3)C2)N1. The summed E-state index contributed by atoms with van der Waals surface area (Å²) in [6.07, 6.45) is -0.597. The molecule has 1 aliphatic carbocycles. The zero-order valence-electron chi connectivity index (χ0n) is 17.1. The maximum Gasteiger partial charge on any atom is 0.423 e. The lowest BCUT2D eigenvalue weighted by atomic mass is 9.85. The van der Waals surface area contributed by atoms with E-state index in [1.807, 2.05) is 4.57 Å². The Morgan fingerprint density at radius 2 is 2.09 bits per heavy atom. The number of hydrogen-bond acceptors (Lipinski definition) is 8. The van der Waals surface area contributed by atoms with Gasteiger partial charge in [0.25, 0.3) is 0 Å². The number of nitrogens with zero attached hydrogens (tertiary/aromatic N) is 5. The highest BCUT2D eigenvalue weighted by Crippen LogP contribution is 2.37. The fourth-order valence-electron chi connectivity index (χ4n) is 4.23. The van der Waals surface area contributed by atoms with Gasteiger partial charge < -0.3 is 14.8 Å². The van der Waals surface area contributed by atoms with Gasteiger partial charge in [0, 0.05) is 31.1 Å². The Bertz CT molecular complexity index is 1010. The van der Waals surface area contributed by atoms with E-state index in [-0.39, 0.29) is 37.0 Å². The maximum absolute atomic E-state index is 13.3. The minimum absolute atomic E-state index is 0.0449. The second-order valence-electron chi connectivity index (χ2n) is 8.22. The summed E-state index contributed by atoms with van der Waals surface area (Å²) in [5, 5.41) is 14.2. The number of aromatic nitrogens is 5. The number of ether oxygens (including phenoxy) is 2. The number of alkyl halides is 3. The minimum Gasteiger partial charge on any atom is -0.469 e. The lowest BCUT2D eigenvalue weighted by Crippen LogP contribution is -2.39. The van der Waals surface area contributed by atoms with Crippen molar-refractivity contribution in [3.63, 3.8) is 0 Å². The van der Waals surface area contributed by atoms with Crippen LogP contribution in [0.5, 0.6) is 5.88 Å². The molecule has 1 saturated heterocycles. The van der Waals surface area contributed by atoms with Gasteiger partial charge in [0.2, 0.25) is 23.7 Å². The van der Waals surface area contributed by atoms with Gasteiger partial charge in [-0.2, -0.15) is 18.2 Å². The van der Waals surface area contributed by atoms with Crippen molar-refractivity contribution < 1.29 is 27.4 Å². The predicted octanol–water partition coefficient (Wildman–Crippen LogP) is 2.34. The van der Waals surface area contributed by atoms with Crippen LogP contribution in [0.15, 0.2) is 6.20 Å². The molecule has 172 valence electrons. The molecule has 2 atom stereocenters. The van der Waals surface area contributed by atoms with E-state index < -0.39 is 23.7 Å². The Hall–Kier alpha value is -2.96. The average molecular weight is 453 g/mol. The summed E-state index contributed by atoms with van der Waals surface area (Å²) in [6.45, 7) is 1.00. The first-order valence-electron chi connectivity index (χ1n) is 10.5. The summed E-state index contributed by atoms with van der Waals surface area (Å²) in [6, 6.07) is -0.0449. The van der Waals surface area contributed by atoms with Gasteiger partial charge in [-0.15, -0.1) is 10.2 Å². The van der Waals surface area contributed by atoms with Crippen molar-refractivity contribution in [1.29, 1.82) is 0 Å². The summed E-state index contributed by atoms with van der Waals surface area (Å²) in [7, 11) is 0. The molecule has 0 unspecified atom stereocenters. The van der Waals surface area contributed by atoms with Crippen molar-refractivity contribution in [3.8, 4) is 5.88 Å². The summed E-state index contributed by atoms with van der Waals surface area (Å²) in [4.78, 5) is 19.5. The van der Waals surface area contributed by atoms with Gasteiger partial charge >= 0.3 is 6.18 Å². The summed E-state index contributed by atoms with van der Waals surface area (Å²) < 4.78 is 52.3. The van der Waals surface area contributed by atoms with Crippen molar-refractivity contribution >= 4 is 17.8 Å². The number of rotatable bonds is 5. The molecule has 0 radical (unpaired) electrons. The summed E-state index contributed by atoms with van der Waals surface area (Å²) >= 11 is 0. The van der Waals surface area contributed by atoms with Gasteiger partial charge in [-0.05, 0) is 19.3 Å². The van der Waals surface area contributed by atoms with E-state index in [0.717, 1.165) is 31.3 Å². The molecule has 32 heavy (non-hydrogen) atoms. The number of fused-ring (bicyclic) bond motifs is 1. The van der Waals surface area contributed by atoms with Gasteiger partial charge in [0.05, 0.1) is 13.2 Å². The Balaban J connectivity index is 1.31. The Kier molecular flexibility index (Phi) is 5.35. The van der Waals surface area contributed by atoms with E-state index in [2.05, 4.69) is 30.8 Å². The molecule has 0 bridgehead atoms. The van der Waals surface area contributed by atoms with E-state index in [1.54, 1.807) is 0 Å². The second kappa shape index (κ2) is 8.19. The van der Waals surface area contributed by atoms with Gasteiger partial charge in [-0.25, -0.2) is 4.98 Å². The van der Waals surface area contributed by atoms with Crippen LogP contribution in [-0.4, -0.2) is 56.0 Å². The standard InChI is InChI=1S/C19H22F3N7O3/c20-19(21,22)13-7-23-17(26-16(13)32-12-8-31-9-12)24-11-3-1-2-10(6-11)15-27-28-18-25-14(30)4-5-29(15)18/h7,10-12H,1-6,8-9H2,(H,23,24,26)(H,25,28,30)/t10-,11+/m0/s1. The van der Waals surface area contributed by atoms with Crippen molar-refractivity contribution in [2.75, 3.05) is 23.8 Å². The maximum atomic E-state index is 13.3. The molecule has 2 aliphatic heterocycles. The lowest BCUT2D eigenvalue weighted by molar-refractivity contribution is -0.142. The number of amides is 1. The van der Waals surface area contributed by atoms with Crippen LogP contribution in [-0.2, 0) is 22.3 Å². The third kappa shape index (κ3) is 4.20. The van der Waals surface area contributed by atoms with Crippen molar-refractivity contribution in [1.82, 2.24) is 24.7 Å². The zero-order chi connectivity index (χ0) is 22.3. The molecule has 2 fully saturated rings. The van der Waals surface area contributed by atoms with E-state index in [9.17, 15) is 18.0 Å². The molecular weight excluding hydrogens is 431 g/mol. The van der Waals surface area contributed by atoms with Crippen LogP contribution in [0.4, 0.5) is 25.1 Å². The molecule has 2 N–H and O–H groups in total. The van der Waals surface area contributed by atoms with Crippen LogP contribution in [0.1, 0.15) is 49.4 Å². The number of carbonyl (C=O) groups excluding carboxylic acids is 1. The third-order valence-electron chi connectivity index (χ3n) is 5.91. The number of halogens is 3. The van der Waals surface area contributed by atoms with E-state index in [0.29, 0.717) is 25.3 Å².